The Bertz CT molecular complexity index is 492. The fourth-order valence-corrected chi connectivity index (χ4v) is 2.92. The lowest BCUT2D eigenvalue weighted by Gasteiger charge is -2.37. The van der Waals surface area contributed by atoms with Gasteiger partial charge in [-0.1, -0.05) is 6.42 Å². The summed E-state index contributed by atoms with van der Waals surface area (Å²) in [5.41, 5.74) is 7.06. The molecule has 0 saturated heterocycles. The van der Waals surface area contributed by atoms with Gasteiger partial charge in [0.1, 0.15) is 0 Å². The zero-order valence-corrected chi connectivity index (χ0v) is 13.6. The van der Waals surface area contributed by atoms with Crippen molar-refractivity contribution in [2.45, 2.75) is 31.7 Å². The Morgan fingerprint density at radius 3 is 2.81 bits per heavy atom. The standard InChI is InChI=1S/C15H22BrN3O2/c16-13-9-11(17)5-6-14(13)18-15(21)10-19(7-2-8-20)12-3-1-4-12/h5-6,9,12,20H,1-4,7-8,10,17H2,(H,18,21). The van der Waals surface area contributed by atoms with E-state index < -0.39 is 0 Å². The Morgan fingerprint density at radius 1 is 1.48 bits per heavy atom. The average Bonchev–Trinajstić information content (AvgIpc) is 2.37. The van der Waals surface area contributed by atoms with Gasteiger partial charge in [-0.3, -0.25) is 9.69 Å². The van der Waals surface area contributed by atoms with Gasteiger partial charge >= 0.3 is 0 Å². The molecule has 0 atom stereocenters. The maximum absolute atomic E-state index is 12.2. The van der Waals surface area contributed by atoms with E-state index in [9.17, 15) is 4.79 Å². The predicted octanol–water partition coefficient (Wildman–Crippen LogP) is 2.21. The number of hydrogen-bond acceptors (Lipinski definition) is 4. The lowest BCUT2D eigenvalue weighted by Crippen LogP contribution is -2.45. The zero-order valence-electron chi connectivity index (χ0n) is 12.0. The molecule has 0 spiro atoms. The minimum atomic E-state index is -0.0367. The minimum Gasteiger partial charge on any atom is -0.399 e. The van der Waals surface area contributed by atoms with Crippen LogP contribution >= 0.6 is 15.9 Å². The van der Waals surface area contributed by atoms with Crippen molar-refractivity contribution in [1.82, 2.24) is 4.90 Å². The second kappa shape index (κ2) is 7.77. The molecule has 0 aliphatic heterocycles. The largest absolute Gasteiger partial charge is 0.399 e. The first-order valence-corrected chi connectivity index (χ1v) is 8.09. The van der Waals surface area contributed by atoms with Gasteiger partial charge in [-0.2, -0.15) is 0 Å². The number of nitrogens with two attached hydrogens (primary N) is 1. The number of carbonyl (C=O) groups is 1. The van der Waals surface area contributed by atoms with Gasteiger partial charge in [-0.25, -0.2) is 0 Å². The molecule has 0 bridgehead atoms. The van der Waals surface area contributed by atoms with Crippen LogP contribution in [0, 0.1) is 0 Å². The Balaban J connectivity index is 1.91. The SMILES string of the molecule is Nc1ccc(NC(=O)CN(CCCO)C2CCC2)c(Br)c1. The van der Waals surface area contributed by atoms with Crippen LogP contribution in [0.1, 0.15) is 25.7 Å². The Morgan fingerprint density at radius 2 is 2.24 bits per heavy atom. The zero-order chi connectivity index (χ0) is 15.2. The van der Waals surface area contributed by atoms with E-state index in [1.165, 1.54) is 6.42 Å². The Labute approximate surface area is 133 Å². The van der Waals surface area contributed by atoms with Gasteiger partial charge in [0, 0.05) is 29.4 Å². The van der Waals surface area contributed by atoms with Crippen molar-refractivity contribution >= 4 is 33.2 Å². The maximum atomic E-state index is 12.2. The van der Waals surface area contributed by atoms with Crippen molar-refractivity contribution in [2.75, 3.05) is 30.7 Å². The van der Waals surface area contributed by atoms with Crippen LogP contribution in [0.5, 0.6) is 0 Å². The fraction of sp³-hybridized carbons (Fsp3) is 0.533. The first-order chi connectivity index (χ1) is 10.1. The molecule has 1 aliphatic carbocycles. The smallest absolute Gasteiger partial charge is 0.238 e. The summed E-state index contributed by atoms with van der Waals surface area (Å²) in [7, 11) is 0. The molecule has 1 aromatic carbocycles. The number of nitrogens with zero attached hydrogens (tertiary/aromatic N) is 1. The third kappa shape index (κ3) is 4.69. The first kappa shape index (κ1) is 16.3. The van der Waals surface area contributed by atoms with E-state index in [4.69, 9.17) is 10.8 Å². The van der Waals surface area contributed by atoms with E-state index in [1.807, 2.05) is 0 Å². The van der Waals surface area contributed by atoms with E-state index in [0.717, 1.165) is 29.5 Å². The molecule has 0 unspecified atom stereocenters. The van der Waals surface area contributed by atoms with Gasteiger partial charge in [-0.15, -0.1) is 0 Å². The number of halogens is 1. The maximum Gasteiger partial charge on any atom is 0.238 e. The lowest BCUT2D eigenvalue weighted by atomic mass is 9.91. The number of amides is 1. The monoisotopic (exact) mass is 355 g/mol. The highest BCUT2D eigenvalue weighted by molar-refractivity contribution is 9.10. The van der Waals surface area contributed by atoms with Gasteiger partial charge in [0.05, 0.1) is 12.2 Å². The van der Waals surface area contributed by atoms with Gasteiger partial charge in [0.2, 0.25) is 5.91 Å². The predicted molar refractivity (Wildman–Crippen MR) is 88.1 cm³/mol. The molecule has 0 heterocycles. The first-order valence-electron chi connectivity index (χ1n) is 7.30. The third-order valence-corrected chi connectivity index (χ3v) is 4.46. The highest BCUT2D eigenvalue weighted by Gasteiger charge is 2.26. The molecule has 4 N–H and O–H groups in total. The highest BCUT2D eigenvalue weighted by Crippen LogP contribution is 2.26. The van der Waals surface area contributed by atoms with Gasteiger partial charge in [0.25, 0.3) is 0 Å². The molecule has 116 valence electrons. The summed E-state index contributed by atoms with van der Waals surface area (Å²) in [5.74, 6) is -0.0367. The van der Waals surface area contributed by atoms with E-state index in [-0.39, 0.29) is 12.5 Å². The summed E-state index contributed by atoms with van der Waals surface area (Å²) in [6, 6.07) is 5.80. The highest BCUT2D eigenvalue weighted by atomic mass is 79.9. The van der Waals surface area contributed by atoms with Crippen LogP contribution in [0.2, 0.25) is 0 Å². The third-order valence-electron chi connectivity index (χ3n) is 3.81. The molecule has 6 heteroatoms. The van der Waals surface area contributed by atoms with E-state index in [2.05, 4.69) is 26.1 Å². The Hall–Kier alpha value is -1.11. The van der Waals surface area contributed by atoms with Crippen LogP contribution in [0.3, 0.4) is 0 Å². The number of anilines is 2. The van der Waals surface area contributed by atoms with Crippen LogP contribution in [0.25, 0.3) is 0 Å². The van der Waals surface area contributed by atoms with Crippen molar-refractivity contribution in [3.8, 4) is 0 Å². The second-order valence-electron chi connectivity index (χ2n) is 5.42. The van der Waals surface area contributed by atoms with Gasteiger partial charge in [0.15, 0.2) is 0 Å². The van der Waals surface area contributed by atoms with Crippen molar-refractivity contribution in [1.29, 1.82) is 0 Å². The van der Waals surface area contributed by atoms with Crippen molar-refractivity contribution in [3.05, 3.63) is 22.7 Å². The molecule has 0 radical (unpaired) electrons. The number of nitrogen functional groups attached to an aromatic ring is 1. The lowest BCUT2D eigenvalue weighted by molar-refractivity contribution is -0.118. The summed E-state index contributed by atoms with van der Waals surface area (Å²) in [6.07, 6.45) is 4.22. The molecule has 1 aromatic rings. The summed E-state index contributed by atoms with van der Waals surface area (Å²) in [5, 5.41) is 11.9. The number of aliphatic hydroxyl groups is 1. The van der Waals surface area contributed by atoms with Crippen LogP contribution < -0.4 is 11.1 Å². The molecule has 21 heavy (non-hydrogen) atoms. The number of nitrogens with one attached hydrogen (secondary N) is 1. The van der Waals surface area contributed by atoms with Gasteiger partial charge in [-0.05, 0) is 53.4 Å². The van der Waals surface area contributed by atoms with Crippen LogP contribution in [-0.2, 0) is 4.79 Å². The number of benzene rings is 1. The molecule has 1 aliphatic rings. The van der Waals surface area contributed by atoms with E-state index >= 15 is 0 Å². The van der Waals surface area contributed by atoms with Crippen molar-refractivity contribution in [3.63, 3.8) is 0 Å². The van der Waals surface area contributed by atoms with Crippen LogP contribution in [0.15, 0.2) is 22.7 Å². The molecule has 0 aromatic heterocycles. The molecular weight excluding hydrogens is 334 g/mol. The molecule has 1 saturated carbocycles. The summed E-state index contributed by atoms with van der Waals surface area (Å²) < 4.78 is 0.779. The van der Waals surface area contributed by atoms with Crippen LogP contribution in [-0.4, -0.2) is 41.7 Å². The molecular formula is C15H22BrN3O2. The number of aliphatic hydroxyl groups excluding tert-OH is 1. The second-order valence-corrected chi connectivity index (χ2v) is 6.27. The molecule has 2 rings (SSSR count). The summed E-state index contributed by atoms with van der Waals surface area (Å²) >= 11 is 3.40. The van der Waals surface area contributed by atoms with Crippen molar-refractivity contribution in [2.24, 2.45) is 0 Å². The normalized spacial score (nSPS) is 15.0. The quantitative estimate of drug-likeness (QED) is 0.655. The van der Waals surface area contributed by atoms with E-state index in [1.54, 1.807) is 18.2 Å². The van der Waals surface area contributed by atoms with Crippen LogP contribution in [0.4, 0.5) is 11.4 Å². The molecule has 1 amide bonds. The molecule has 1 fully saturated rings. The molecule has 5 nitrogen and oxygen atoms in total. The van der Waals surface area contributed by atoms with Crippen molar-refractivity contribution < 1.29 is 9.90 Å². The van der Waals surface area contributed by atoms with Gasteiger partial charge < -0.3 is 16.2 Å². The summed E-state index contributed by atoms with van der Waals surface area (Å²) in [4.78, 5) is 14.4. The number of carbonyl (C=O) groups excluding carboxylic acids is 1. The summed E-state index contributed by atoms with van der Waals surface area (Å²) in [6.45, 7) is 1.29. The number of hydrogen-bond donors (Lipinski definition) is 3. The topological polar surface area (TPSA) is 78.6 Å². The number of rotatable bonds is 7. The fourth-order valence-electron chi connectivity index (χ4n) is 2.42. The van der Waals surface area contributed by atoms with E-state index in [0.29, 0.717) is 24.7 Å². The Kier molecular flexibility index (Phi) is 6.02. The average molecular weight is 356 g/mol. The minimum absolute atomic E-state index is 0.0367.